The smallest absolute Gasteiger partial charge is 0.331 e. The molecule has 2 fully saturated rings. The van der Waals surface area contributed by atoms with E-state index in [1.165, 1.54) is 18.1 Å². The van der Waals surface area contributed by atoms with Crippen LogP contribution in [0.4, 0.5) is 4.79 Å². The minimum Gasteiger partial charge on any atom is -0.493 e. The van der Waals surface area contributed by atoms with Gasteiger partial charge in [-0.25, -0.2) is 4.79 Å². The minimum absolute atomic E-state index is 0.0924. The van der Waals surface area contributed by atoms with Crippen LogP contribution in [-0.4, -0.2) is 35.9 Å². The summed E-state index contributed by atoms with van der Waals surface area (Å²) in [5, 5.41) is 3.30. The van der Waals surface area contributed by atoms with Crippen molar-refractivity contribution in [2.24, 2.45) is 0 Å². The van der Waals surface area contributed by atoms with Crippen LogP contribution in [0.1, 0.15) is 36.8 Å². The van der Waals surface area contributed by atoms with Crippen molar-refractivity contribution < 1.29 is 23.9 Å². The molecule has 0 spiro atoms. The monoisotopic (exact) mass is 488 g/mol. The number of nitrogens with zero attached hydrogens (tertiary/aromatic N) is 1. The molecule has 4 amide bonds. The van der Waals surface area contributed by atoms with Gasteiger partial charge >= 0.3 is 6.03 Å². The zero-order chi connectivity index (χ0) is 23.5. The quantitative estimate of drug-likeness (QED) is 0.457. The van der Waals surface area contributed by atoms with Gasteiger partial charge in [-0.2, -0.15) is 0 Å². The third kappa shape index (κ3) is 4.99. The molecule has 2 aromatic carbocycles. The van der Waals surface area contributed by atoms with E-state index in [9.17, 15) is 14.4 Å². The Bertz CT molecular complexity index is 1140. The fourth-order valence-corrected chi connectivity index (χ4v) is 4.48. The SMILES string of the molecule is COc1cc(/C=C2\C(=O)NC(=O)N(C3CCCC3)C2=O)ccc1OCc1ccc(Cl)cc1Cl. The van der Waals surface area contributed by atoms with E-state index >= 15 is 0 Å². The molecule has 4 rings (SSSR count). The number of nitrogens with one attached hydrogen (secondary N) is 1. The number of halogens is 2. The van der Waals surface area contributed by atoms with E-state index in [-0.39, 0.29) is 18.2 Å². The van der Waals surface area contributed by atoms with Crippen molar-refractivity contribution in [3.8, 4) is 11.5 Å². The van der Waals surface area contributed by atoms with Crippen LogP contribution in [0.5, 0.6) is 11.5 Å². The summed E-state index contributed by atoms with van der Waals surface area (Å²) < 4.78 is 11.3. The van der Waals surface area contributed by atoms with Crippen LogP contribution in [-0.2, 0) is 16.2 Å². The van der Waals surface area contributed by atoms with Gasteiger partial charge in [-0.15, -0.1) is 0 Å². The van der Waals surface area contributed by atoms with E-state index in [4.69, 9.17) is 32.7 Å². The lowest BCUT2D eigenvalue weighted by molar-refractivity contribution is -0.131. The molecule has 0 bridgehead atoms. The Morgan fingerprint density at radius 3 is 2.52 bits per heavy atom. The first-order chi connectivity index (χ1) is 15.9. The van der Waals surface area contributed by atoms with E-state index < -0.39 is 17.8 Å². The van der Waals surface area contributed by atoms with Crippen LogP contribution in [0.25, 0.3) is 6.08 Å². The number of carbonyl (C=O) groups excluding carboxylic acids is 3. The molecule has 7 nitrogen and oxygen atoms in total. The molecule has 1 saturated carbocycles. The van der Waals surface area contributed by atoms with Gasteiger partial charge in [0.05, 0.1) is 7.11 Å². The van der Waals surface area contributed by atoms with Crippen LogP contribution in [0.3, 0.4) is 0 Å². The summed E-state index contributed by atoms with van der Waals surface area (Å²) in [5.41, 5.74) is 1.23. The fourth-order valence-electron chi connectivity index (χ4n) is 4.02. The summed E-state index contributed by atoms with van der Waals surface area (Å²) in [5.74, 6) is -0.405. The molecule has 1 aliphatic heterocycles. The first-order valence-corrected chi connectivity index (χ1v) is 11.3. The second-order valence-corrected chi connectivity index (χ2v) is 8.71. The second-order valence-electron chi connectivity index (χ2n) is 7.87. The van der Waals surface area contributed by atoms with Crippen molar-refractivity contribution in [2.45, 2.75) is 38.3 Å². The highest BCUT2D eigenvalue weighted by Crippen LogP contribution is 2.32. The molecule has 1 heterocycles. The van der Waals surface area contributed by atoms with Crippen molar-refractivity contribution in [3.05, 3.63) is 63.1 Å². The Labute approximate surface area is 201 Å². The molecule has 9 heteroatoms. The number of imide groups is 2. The lowest BCUT2D eigenvalue weighted by atomic mass is 10.0. The van der Waals surface area contributed by atoms with Gasteiger partial charge in [-0.1, -0.05) is 48.2 Å². The van der Waals surface area contributed by atoms with Crippen LogP contribution in [0, 0.1) is 0 Å². The molecular weight excluding hydrogens is 467 g/mol. The van der Waals surface area contributed by atoms with Gasteiger partial charge in [-0.05, 0) is 48.7 Å². The lowest BCUT2D eigenvalue weighted by Gasteiger charge is -2.31. The van der Waals surface area contributed by atoms with Crippen molar-refractivity contribution in [2.75, 3.05) is 7.11 Å². The van der Waals surface area contributed by atoms with Gasteiger partial charge < -0.3 is 9.47 Å². The Balaban J connectivity index is 1.55. The van der Waals surface area contributed by atoms with Gasteiger partial charge in [0, 0.05) is 21.7 Å². The standard InChI is InChI=1S/C24H22Cl2N2O5/c1-32-21-11-14(6-9-20(21)33-13-15-7-8-16(25)12-19(15)26)10-18-22(29)27-24(31)28(23(18)30)17-4-2-3-5-17/h6-12,17H,2-5,13H2,1H3,(H,27,29,31)/b18-10+. The molecule has 172 valence electrons. The summed E-state index contributed by atoms with van der Waals surface area (Å²) in [6.07, 6.45) is 4.86. The maximum absolute atomic E-state index is 13.0. The Kier molecular flexibility index (Phi) is 6.91. The number of carbonyl (C=O) groups is 3. The average Bonchev–Trinajstić information content (AvgIpc) is 3.30. The zero-order valence-corrected chi connectivity index (χ0v) is 19.4. The number of urea groups is 1. The largest absolute Gasteiger partial charge is 0.493 e. The summed E-state index contributed by atoms with van der Waals surface area (Å²) in [6.45, 7) is 0.201. The predicted molar refractivity (Wildman–Crippen MR) is 124 cm³/mol. The van der Waals surface area contributed by atoms with Crippen molar-refractivity contribution in [1.29, 1.82) is 0 Å². The number of benzene rings is 2. The molecule has 0 atom stereocenters. The van der Waals surface area contributed by atoms with E-state index in [1.54, 1.807) is 36.4 Å². The first-order valence-electron chi connectivity index (χ1n) is 10.5. The number of barbiturate groups is 1. The molecule has 1 saturated heterocycles. The van der Waals surface area contributed by atoms with Crippen LogP contribution in [0.15, 0.2) is 42.0 Å². The third-order valence-electron chi connectivity index (χ3n) is 5.72. The van der Waals surface area contributed by atoms with Gasteiger partial charge in [0.2, 0.25) is 0 Å². The van der Waals surface area contributed by atoms with E-state index in [0.717, 1.165) is 31.2 Å². The first kappa shape index (κ1) is 23.1. The van der Waals surface area contributed by atoms with Gasteiger partial charge in [0.25, 0.3) is 11.8 Å². The zero-order valence-electron chi connectivity index (χ0n) is 17.9. The predicted octanol–water partition coefficient (Wildman–Crippen LogP) is 4.99. The maximum Gasteiger partial charge on any atom is 0.331 e. The molecule has 2 aliphatic rings. The molecule has 2 aromatic rings. The molecular formula is C24H22Cl2N2O5. The molecule has 33 heavy (non-hydrogen) atoms. The molecule has 0 aromatic heterocycles. The summed E-state index contributed by atoms with van der Waals surface area (Å²) >= 11 is 12.1. The van der Waals surface area contributed by atoms with Crippen molar-refractivity contribution in [1.82, 2.24) is 10.2 Å². The van der Waals surface area contributed by atoms with Crippen LogP contribution < -0.4 is 14.8 Å². The van der Waals surface area contributed by atoms with Gasteiger partial charge in [0.1, 0.15) is 12.2 Å². The van der Waals surface area contributed by atoms with E-state index in [1.807, 2.05) is 0 Å². The van der Waals surface area contributed by atoms with Crippen molar-refractivity contribution in [3.63, 3.8) is 0 Å². The van der Waals surface area contributed by atoms with Gasteiger partial charge in [-0.3, -0.25) is 19.8 Å². The molecule has 0 unspecified atom stereocenters. The third-order valence-corrected chi connectivity index (χ3v) is 6.31. The molecule has 1 aliphatic carbocycles. The number of rotatable bonds is 6. The normalized spacial score (nSPS) is 18.1. The van der Waals surface area contributed by atoms with E-state index in [2.05, 4.69) is 5.32 Å². The van der Waals surface area contributed by atoms with Gasteiger partial charge in [0.15, 0.2) is 11.5 Å². The Morgan fingerprint density at radius 1 is 1.06 bits per heavy atom. The van der Waals surface area contributed by atoms with Crippen LogP contribution in [0.2, 0.25) is 10.0 Å². The molecule has 0 radical (unpaired) electrons. The van der Waals surface area contributed by atoms with E-state index in [0.29, 0.717) is 27.1 Å². The number of hydrogen-bond donors (Lipinski definition) is 1. The average molecular weight is 489 g/mol. The topological polar surface area (TPSA) is 84.9 Å². The highest BCUT2D eigenvalue weighted by atomic mass is 35.5. The number of amides is 4. The van der Waals surface area contributed by atoms with Crippen molar-refractivity contribution >= 4 is 47.1 Å². The maximum atomic E-state index is 13.0. The second kappa shape index (κ2) is 9.85. The highest BCUT2D eigenvalue weighted by molar-refractivity contribution is 6.35. The number of methoxy groups -OCH3 is 1. The number of hydrogen-bond acceptors (Lipinski definition) is 5. The highest BCUT2D eigenvalue weighted by Gasteiger charge is 2.40. The fraction of sp³-hybridized carbons (Fsp3) is 0.292. The minimum atomic E-state index is -0.712. The summed E-state index contributed by atoms with van der Waals surface area (Å²) in [4.78, 5) is 38.8. The molecule has 1 N–H and O–H groups in total. The Hall–Kier alpha value is -3.03. The van der Waals surface area contributed by atoms with Crippen LogP contribution >= 0.6 is 23.2 Å². The summed E-state index contributed by atoms with van der Waals surface area (Å²) in [7, 11) is 1.49. The summed E-state index contributed by atoms with van der Waals surface area (Å²) in [6, 6.07) is 9.34. The lowest BCUT2D eigenvalue weighted by Crippen LogP contribution is -2.57. The Morgan fingerprint density at radius 2 is 1.82 bits per heavy atom. The number of ether oxygens (including phenoxy) is 2.